The van der Waals surface area contributed by atoms with Crippen LogP contribution in [-0.2, 0) is 0 Å². The molecule has 0 amide bonds. The molecule has 86 valence electrons. The third-order valence-electron chi connectivity index (χ3n) is 1.62. The number of aromatic nitrogens is 1. The molecule has 1 heterocycles. The monoisotopic (exact) mass is 344 g/mol. The molecule has 0 atom stereocenters. The van der Waals surface area contributed by atoms with Crippen molar-refractivity contribution in [3.8, 4) is 0 Å². The zero-order valence-corrected chi connectivity index (χ0v) is 9.51. The fourth-order valence-electron chi connectivity index (χ4n) is 0.954. The standard InChI is InChI=1S/C7H3F2IN2O4/c8-4(9)2-1-3(7(13)14)5(10)11-6(2)12(15)16/h1,4H,(H,13,14). The quantitative estimate of drug-likeness (QED) is 0.393. The predicted molar refractivity (Wildman–Crippen MR) is 55.5 cm³/mol. The lowest BCUT2D eigenvalue weighted by Crippen LogP contribution is -2.08. The maximum Gasteiger partial charge on any atom is 0.373 e. The highest BCUT2D eigenvalue weighted by atomic mass is 127. The smallest absolute Gasteiger partial charge is 0.373 e. The molecule has 0 aliphatic heterocycles. The molecule has 9 heteroatoms. The van der Waals surface area contributed by atoms with E-state index in [1.807, 2.05) is 0 Å². The number of pyridine rings is 1. The number of rotatable bonds is 3. The number of halogens is 3. The molecule has 0 saturated carbocycles. The molecule has 1 aromatic rings. The highest BCUT2D eigenvalue weighted by molar-refractivity contribution is 14.1. The van der Waals surface area contributed by atoms with Gasteiger partial charge in [0.1, 0.15) is 11.1 Å². The molecular weight excluding hydrogens is 341 g/mol. The van der Waals surface area contributed by atoms with Gasteiger partial charge in [-0.25, -0.2) is 13.6 Å². The SMILES string of the molecule is O=C(O)c1cc(C(F)F)c([N+](=O)[O-])nc1I. The number of carboxylic acid groups (broad SMARTS) is 1. The second-order valence-corrected chi connectivity index (χ2v) is 3.62. The van der Waals surface area contributed by atoms with E-state index < -0.39 is 34.3 Å². The van der Waals surface area contributed by atoms with Gasteiger partial charge in [-0.05, 0) is 16.0 Å². The molecule has 0 saturated heterocycles. The Labute approximate surface area is 101 Å². The number of hydrogen-bond acceptors (Lipinski definition) is 4. The Bertz CT molecular complexity index is 466. The molecule has 0 bridgehead atoms. The van der Waals surface area contributed by atoms with Gasteiger partial charge in [-0.3, -0.25) is 0 Å². The normalized spacial score (nSPS) is 10.5. The van der Waals surface area contributed by atoms with Gasteiger partial charge < -0.3 is 15.2 Å². The van der Waals surface area contributed by atoms with Crippen LogP contribution in [0.15, 0.2) is 6.07 Å². The largest absolute Gasteiger partial charge is 0.478 e. The first kappa shape index (κ1) is 12.7. The van der Waals surface area contributed by atoms with E-state index in [-0.39, 0.29) is 3.70 Å². The van der Waals surface area contributed by atoms with Crippen LogP contribution >= 0.6 is 22.6 Å². The summed E-state index contributed by atoms with van der Waals surface area (Å²) in [6.07, 6.45) is -3.15. The second-order valence-electron chi connectivity index (χ2n) is 2.60. The first-order valence-electron chi connectivity index (χ1n) is 3.71. The van der Waals surface area contributed by atoms with Crippen molar-refractivity contribution < 1.29 is 23.6 Å². The van der Waals surface area contributed by atoms with Crippen LogP contribution in [0.3, 0.4) is 0 Å². The van der Waals surface area contributed by atoms with Gasteiger partial charge in [0.2, 0.25) is 3.70 Å². The Balaban J connectivity index is 3.49. The highest BCUT2D eigenvalue weighted by Crippen LogP contribution is 2.29. The van der Waals surface area contributed by atoms with Gasteiger partial charge in [0, 0.05) is 22.6 Å². The van der Waals surface area contributed by atoms with Gasteiger partial charge in [-0.1, -0.05) is 0 Å². The Hall–Kier alpha value is -1.39. The third kappa shape index (κ3) is 2.40. The molecule has 0 aliphatic carbocycles. The summed E-state index contributed by atoms with van der Waals surface area (Å²) in [5.41, 5.74) is -1.48. The van der Waals surface area contributed by atoms with Crippen LogP contribution in [0.25, 0.3) is 0 Å². The van der Waals surface area contributed by atoms with E-state index in [0.717, 1.165) is 0 Å². The van der Waals surface area contributed by atoms with Gasteiger partial charge in [0.05, 0.1) is 0 Å². The van der Waals surface area contributed by atoms with Crippen molar-refractivity contribution in [3.63, 3.8) is 0 Å². The minimum atomic E-state index is -3.15. The van der Waals surface area contributed by atoms with Crippen molar-refractivity contribution in [2.45, 2.75) is 6.43 Å². The molecule has 1 aromatic heterocycles. The second kappa shape index (κ2) is 4.63. The Morgan fingerprint density at radius 3 is 2.56 bits per heavy atom. The van der Waals surface area contributed by atoms with Gasteiger partial charge in [0.25, 0.3) is 6.43 Å². The number of nitro groups is 1. The van der Waals surface area contributed by atoms with Gasteiger partial charge in [-0.2, -0.15) is 0 Å². The van der Waals surface area contributed by atoms with Crippen LogP contribution in [0, 0.1) is 13.8 Å². The number of hydrogen-bond donors (Lipinski definition) is 1. The number of nitrogens with zero attached hydrogens (tertiary/aromatic N) is 2. The molecular formula is C7H3F2IN2O4. The van der Waals surface area contributed by atoms with Crippen molar-refractivity contribution in [2.75, 3.05) is 0 Å². The van der Waals surface area contributed by atoms with Crippen LogP contribution in [0.1, 0.15) is 22.3 Å². The topological polar surface area (TPSA) is 93.3 Å². The third-order valence-corrected chi connectivity index (χ3v) is 2.45. The maximum absolute atomic E-state index is 12.4. The van der Waals surface area contributed by atoms with E-state index in [1.54, 1.807) is 0 Å². The first-order valence-corrected chi connectivity index (χ1v) is 4.78. The van der Waals surface area contributed by atoms with Crippen LogP contribution in [-0.4, -0.2) is 21.0 Å². The van der Waals surface area contributed by atoms with Crippen molar-refractivity contribution in [1.82, 2.24) is 4.98 Å². The number of carbonyl (C=O) groups is 1. The van der Waals surface area contributed by atoms with E-state index in [0.29, 0.717) is 6.07 Å². The average molecular weight is 344 g/mol. The molecule has 6 nitrogen and oxygen atoms in total. The van der Waals surface area contributed by atoms with Crippen LogP contribution < -0.4 is 0 Å². The first-order chi connectivity index (χ1) is 7.34. The van der Waals surface area contributed by atoms with Crippen LogP contribution in [0.5, 0.6) is 0 Å². The molecule has 0 spiro atoms. The summed E-state index contributed by atoms with van der Waals surface area (Å²) in [6.45, 7) is 0. The van der Waals surface area contributed by atoms with E-state index in [9.17, 15) is 23.7 Å². The average Bonchev–Trinajstić information content (AvgIpc) is 2.15. The summed E-state index contributed by atoms with van der Waals surface area (Å²) in [5, 5.41) is 19.1. The summed E-state index contributed by atoms with van der Waals surface area (Å²) in [6, 6.07) is 0.569. The Morgan fingerprint density at radius 1 is 1.62 bits per heavy atom. The summed E-state index contributed by atoms with van der Waals surface area (Å²) >= 11 is 1.43. The predicted octanol–water partition coefficient (Wildman–Crippen LogP) is 2.23. The Morgan fingerprint density at radius 2 is 2.19 bits per heavy atom. The Kier molecular flexibility index (Phi) is 3.67. The molecule has 0 aromatic carbocycles. The van der Waals surface area contributed by atoms with Crippen molar-refractivity contribution in [1.29, 1.82) is 0 Å². The molecule has 1 N–H and O–H groups in total. The van der Waals surface area contributed by atoms with E-state index >= 15 is 0 Å². The summed E-state index contributed by atoms with van der Waals surface area (Å²) in [7, 11) is 0. The maximum atomic E-state index is 12.4. The van der Waals surface area contributed by atoms with Crippen molar-refractivity contribution in [2.24, 2.45) is 0 Å². The fourth-order valence-corrected chi connectivity index (χ4v) is 1.57. The number of aromatic carboxylic acids is 1. The minimum absolute atomic E-state index is 0.207. The lowest BCUT2D eigenvalue weighted by atomic mass is 10.2. The van der Waals surface area contributed by atoms with Crippen LogP contribution in [0.2, 0.25) is 0 Å². The zero-order chi connectivity index (χ0) is 12.5. The number of alkyl halides is 2. The van der Waals surface area contributed by atoms with Crippen molar-refractivity contribution >= 4 is 34.4 Å². The van der Waals surface area contributed by atoms with Gasteiger partial charge in [-0.15, -0.1) is 0 Å². The lowest BCUT2D eigenvalue weighted by Gasteiger charge is -2.03. The molecule has 0 unspecified atom stereocenters. The van der Waals surface area contributed by atoms with Crippen LogP contribution in [0.4, 0.5) is 14.6 Å². The molecule has 0 radical (unpaired) electrons. The molecule has 0 fully saturated rings. The zero-order valence-electron chi connectivity index (χ0n) is 7.35. The summed E-state index contributed by atoms with van der Waals surface area (Å²) < 4.78 is 24.6. The highest BCUT2D eigenvalue weighted by Gasteiger charge is 2.28. The fraction of sp³-hybridized carbons (Fsp3) is 0.143. The van der Waals surface area contributed by atoms with Gasteiger partial charge >= 0.3 is 11.8 Å². The molecule has 16 heavy (non-hydrogen) atoms. The van der Waals surface area contributed by atoms with Gasteiger partial charge in [0.15, 0.2) is 0 Å². The number of carboxylic acids is 1. The molecule has 1 rings (SSSR count). The lowest BCUT2D eigenvalue weighted by molar-refractivity contribution is -0.391. The summed E-state index contributed by atoms with van der Waals surface area (Å²) in [4.78, 5) is 23.2. The minimum Gasteiger partial charge on any atom is -0.478 e. The molecule has 0 aliphatic rings. The van der Waals surface area contributed by atoms with Crippen molar-refractivity contribution in [3.05, 3.63) is 31.0 Å². The van der Waals surface area contributed by atoms with E-state index in [2.05, 4.69) is 4.98 Å². The summed E-state index contributed by atoms with van der Waals surface area (Å²) in [5.74, 6) is -2.49. The van der Waals surface area contributed by atoms with E-state index in [4.69, 9.17) is 5.11 Å². The van der Waals surface area contributed by atoms with E-state index in [1.165, 1.54) is 22.6 Å².